The van der Waals surface area contributed by atoms with E-state index >= 15 is 4.39 Å². The van der Waals surface area contributed by atoms with Crippen LogP contribution in [0.15, 0.2) is 69.3 Å². The smallest absolute Gasteiger partial charge is 0.262 e. The van der Waals surface area contributed by atoms with Gasteiger partial charge in [0.2, 0.25) is 0 Å². The predicted molar refractivity (Wildman–Crippen MR) is 109 cm³/mol. The van der Waals surface area contributed by atoms with Gasteiger partial charge >= 0.3 is 0 Å². The summed E-state index contributed by atoms with van der Waals surface area (Å²) in [6.07, 6.45) is 2.92. The van der Waals surface area contributed by atoms with Crippen molar-refractivity contribution in [3.05, 3.63) is 82.4 Å². The van der Waals surface area contributed by atoms with Crippen molar-refractivity contribution in [1.29, 1.82) is 0 Å². The van der Waals surface area contributed by atoms with Gasteiger partial charge < -0.3 is 5.32 Å². The van der Waals surface area contributed by atoms with Gasteiger partial charge in [-0.2, -0.15) is 0 Å². The van der Waals surface area contributed by atoms with E-state index < -0.39 is 55.3 Å². The van der Waals surface area contributed by atoms with E-state index in [4.69, 9.17) is 11.6 Å². The molecule has 2 aromatic carbocycles. The lowest BCUT2D eigenvalue weighted by molar-refractivity contribution is 0.102. The highest BCUT2D eigenvalue weighted by Gasteiger charge is 2.36. The zero-order valence-electron chi connectivity index (χ0n) is 15.5. The van der Waals surface area contributed by atoms with Crippen LogP contribution in [0, 0.1) is 23.4 Å². The van der Waals surface area contributed by atoms with E-state index in [9.17, 15) is 22.0 Å². The van der Waals surface area contributed by atoms with Crippen molar-refractivity contribution in [3.8, 4) is 0 Å². The van der Waals surface area contributed by atoms with Crippen molar-refractivity contribution in [2.45, 2.75) is 11.3 Å². The summed E-state index contributed by atoms with van der Waals surface area (Å²) in [5.74, 6) is -4.53. The van der Waals surface area contributed by atoms with Crippen LogP contribution in [0.3, 0.4) is 0 Å². The number of Topliss-reactive ketones (excluding diaryl/α,β-unsaturated/α-hetero) is 1. The van der Waals surface area contributed by atoms with Crippen molar-refractivity contribution in [2.75, 3.05) is 4.72 Å². The Morgan fingerprint density at radius 3 is 2.71 bits per heavy atom. The van der Waals surface area contributed by atoms with E-state index in [1.165, 1.54) is 18.5 Å². The molecule has 1 atom stereocenters. The Bertz CT molecular complexity index is 1310. The molecule has 0 radical (unpaired) electrons. The Balaban J connectivity index is 1.68. The maximum absolute atomic E-state index is 15.1. The van der Waals surface area contributed by atoms with E-state index in [0.29, 0.717) is 10.9 Å². The molecule has 0 saturated carbocycles. The van der Waals surface area contributed by atoms with Crippen molar-refractivity contribution in [3.63, 3.8) is 0 Å². The number of carbonyl (C=O) groups is 1. The first kappa shape index (κ1) is 21.1. The fourth-order valence-corrected chi connectivity index (χ4v) is 4.56. The van der Waals surface area contributed by atoms with Crippen molar-refractivity contribution >= 4 is 38.9 Å². The summed E-state index contributed by atoms with van der Waals surface area (Å²) in [7, 11) is -4.39. The summed E-state index contributed by atoms with van der Waals surface area (Å²) in [5, 5.41) is 3.14. The van der Waals surface area contributed by atoms with Gasteiger partial charge in [-0.15, -0.1) is 0 Å². The van der Waals surface area contributed by atoms with Crippen LogP contribution in [-0.4, -0.2) is 20.0 Å². The van der Waals surface area contributed by atoms with E-state index in [0.717, 1.165) is 30.3 Å². The summed E-state index contributed by atoms with van der Waals surface area (Å²) in [6, 6.07) is 5.67. The molecule has 1 unspecified atom stereocenters. The molecule has 0 spiro atoms. The van der Waals surface area contributed by atoms with Crippen molar-refractivity contribution in [1.82, 2.24) is 5.32 Å². The molecule has 2 aliphatic heterocycles. The van der Waals surface area contributed by atoms with Gasteiger partial charge in [0, 0.05) is 23.0 Å². The van der Waals surface area contributed by atoms with Crippen LogP contribution in [0.2, 0.25) is 0 Å². The van der Waals surface area contributed by atoms with Crippen LogP contribution in [-0.2, 0) is 10.0 Å². The SMILES string of the molecule is O=C(C1=CNC2=NC=C(Cl)CC12)c1c(F)ccc(NS(=O)(=O)c2cccc(F)c2)c1F. The second-order valence-electron chi connectivity index (χ2n) is 6.77. The molecule has 160 valence electrons. The van der Waals surface area contributed by atoms with Gasteiger partial charge in [-0.05, 0) is 36.8 Å². The van der Waals surface area contributed by atoms with Crippen LogP contribution < -0.4 is 10.0 Å². The molecule has 2 aliphatic rings. The number of nitrogens with one attached hydrogen (secondary N) is 2. The average Bonchev–Trinajstić information content (AvgIpc) is 3.13. The topological polar surface area (TPSA) is 87.6 Å². The number of halogens is 4. The van der Waals surface area contributed by atoms with Gasteiger partial charge in [-0.25, -0.2) is 26.6 Å². The Morgan fingerprint density at radius 2 is 1.97 bits per heavy atom. The lowest BCUT2D eigenvalue weighted by Gasteiger charge is -2.18. The number of hydrogen-bond donors (Lipinski definition) is 2. The zero-order chi connectivity index (χ0) is 22.3. The number of sulfonamides is 1. The molecule has 31 heavy (non-hydrogen) atoms. The number of hydrogen-bond acceptors (Lipinski definition) is 5. The van der Waals surface area contributed by atoms with Gasteiger partial charge in [0.15, 0.2) is 11.6 Å². The molecule has 0 aromatic heterocycles. The van der Waals surface area contributed by atoms with Gasteiger partial charge in [-0.3, -0.25) is 9.52 Å². The number of fused-ring (bicyclic) bond motifs is 1. The van der Waals surface area contributed by atoms with Gasteiger partial charge in [-0.1, -0.05) is 17.7 Å². The number of ketones is 1. The first-order valence-corrected chi connectivity index (χ1v) is 10.7. The highest BCUT2D eigenvalue weighted by molar-refractivity contribution is 7.92. The highest BCUT2D eigenvalue weighted by Crippen LogP contribution is 2.34. The number of benzene rings is 2. The summed E-state index contributed by atoms with van der Waals surface area (Å²) in [6.45, 7) is 0. The zero-order valence-corrected chi connectivity index (χ0v) is 17.1. The molecular formula is C20H13ClF3N3O3S. The van der Waals surface area contributed by atoms with Crippen LogP contribution >= 0.6 is 11.6 Å². The Hall–Kier alpha value is -3.11. The largest absolute Gasteiger partial charge is 0.349 e. The van der Waals surface area contributed by atoms with Gasteiger partial charge in [0.05, 0.1) is 22.1 Å². The number of amidine groups is 1. The minimum Gasteiger partial charge on any atom is -0.349 e. The molecule has 2 aromatic rings. The van der Waals surface area contributed by atoms with E-state index in [1.807, 2.05) is 4.72 Å². The predicted octanol–water partition coefficient (Wildman–Crippen LogP) is 4.07. The average molecular weight is 468 g/mol. The van der Waals surface area contributed by atoms with Crippen LogP contribution in [0.5, 0.6) is 0 Å². The monoisotopic (exact) mass is 467 g/mol. The molecule has 0 aliphatic carbocycles. The number of aliphatic imine (C=N–C) groups is 1. The Morgan fingerprint density at radius 1 is 1.19 bits per heavy atom. The fraction of sp³-hybridized carbons (Fsp3) is 0.100. The minimum atomic E-state index is -4.39. The number of allylic oxidation sites excluding steroid dienone is 1. The van der Waals surface area contributed by atoms with Crippen molar-refractivity contribution < 1.29 is 26.4 Å². The van der Waals surface area contributed by atoms with Crippen LogP contribution in [0.25, 0.3) is 0 Å². The molecule has 0 saturated heterocycles. The third-order valence-corrected chi connectivity index (χ3v) is 6.37. The third-order valence-electron chi connectivity index (χ3n) is 4.75. The maximum Gasteiger partial charge on any atom is 0.262 e. The first-order valence-electron chi connectivity index (χ1n) is 8.87. The van der Waals surface area contributed by atoms with Crippen molar-refractivity contribution in [2.24, 2.45) is 10.9 Å². The molecule has 6 nitrogen and oxygen atoms in total. The summed E-state index contributed by atoms with van der Waals surface area (Å²) in [5.41, 5.74) is -1.55. The summed E-state index contributed by atoms with van der Waals surface area (Å²) in [4.78, 5) is 16.5. The lowest BCUT2D eigenvalue weighted by atomic mass is 9.89. The van der Waals surface area contributed by atoms with E-state index in [2.05, 4.69) is 10.3 Å². The normalized spacial score (nSPS) is 17.8. The number of carbonyl (C=O) groups excluding carboxylic acids is 1. The fourth-order valence-electron chi connectivity index (χ4n) is 3.27. The number of rotatable bonds is 5. The lowest BCUT2D eigenvalue weighted by Crippen LogP contribution is -2.25. The minimum absolute atomic E-state index is 0.0351. The Labute approximate surface area is 180 Å². The second kappa shape index (κ2) is 7.86. The maximum atomic E-state index is 15.1. The van der Waals surface area contributed by atoms with Gasteiger partial charge in [0.1, 0.15) is 17.5 Å². The quantitative estimate of drug-likeness (QED) is 0.649. The molecule has 0 amide bonds. The molecule has 2 heterocycles. The van der Waals surface area contributed by atoms with E-state index in [-0.39, 0.29) is 12.0 Å². The number of nitrogens with zero attached hydrogens (tertiary/aromatic N) is 1. The summed E-state index contributed by atoms with van der Waals surface area (Å²) >= 11 is 5.97. The molecule has 0 fully saturated rings. The van der Waals surface area contributed by atoms with Crippen LogP contribution in [0.1, 0.15) is 16.8 Å². The molecule has 11 heteroatoms. The third kappa shape index (κ3) is 3.96. The molecular weight excluding hydrogens is 455 g/mol. The summed E-state index contributed by atoms with van der Waals surface area (Å²) < 4.78 is 69.8. The van der Waals surface area contributed by atoms with E-state index in [1.54, 1.807) is 0 Å². The molecule has 2 N–H and O–H groups in total. The second-order valence-corrected chi connectivity index (χ2v) is 8.93. The van der Waals surface area contributed by atoms with Gasteiger partial charge in [0.25, 0.3) is 10.0 Å². The van der Waals surface area contributed by atoms with Crippen LogP contribution in [0.4, 0.5) is 18.9 Å². The first-order chi connectivity index (χ1) is 14.7. The molecule has 4 rings (SSSR count). The highest BCUT2D eigenvalue weighted by atomic mass is 35.5. The molecule has 0 bridgehead atoms. The Kier molecular flexibility index (Phi) is 5.36. The number of anilines is 1. The standard InChI is InChI=1S/C20H13ClF3N3O3S/c21-10-6-13-14(9-26-20(13)25-8-10)19(28)17-15(23)4-5-16(18(17)24)27-31(29,30)12-3-1-2-11(22)7-12/h1-5,7-9,13,27H,6H2,(H,25,26).